The summed E-state index contributed by atoms with van der Waals surface area (Å²) in [7, 11) is 0. The molecule has 2 rings (SSSR count). The van der Waals surface area contributed by atoms with E-state index in [2.05, 4.69) is 5.32 Å². The van der Waals surface area contributed by atoms with Gasteiger partial charge in [0.15, 0.2) is 0 Å². The fraction of sp³-hybridized carbons (Fsp3) is 0.857. The number of carbonyl (C=O) groups excluding carboxylic acids is 1. The molecule has 7 heteroatoms. The van der Waals surface area contributed by atoms with E-state index >= 15 is 0 Å². The second-order valence-corrected chi connectivity index (χ2v) is 6.91. The molecule has 0 aromatic rings. The molecule has 0 bridgehead atoms. The van der Waals surface area contributed by atoms with Gasteiger partial charge in [0.2, 0.25) is 0 Å². The molecule has 2 aliphatic rings. The third-order valence-electron chi connectivity index (χ3n) is 4.17. The third kappa shape index (κ3) is 3.83. The zero-order valence-electron chi connectivity index (χ0n) is 12.6. The van der Waals surface area contributed by atoms with Crippen molar-refractivity contribution in [2.45, 2.75) is 50.6 Å². The van der Waals surface area contributed by atoms with Gasteiger partial charge >= 0.3 is 12.0 Å². The molecule has 0 spiro atoms. The van der Waals surface area contributed by atoms with Crippen molar-refractivity contribution < 1.29 is 19.4 Å². The van der Waals surface area contributed by atoms with Crippen molar-refractivity contribution in [1.82, 2.24) is 10.2 Å². The van der Waals surface area contributed by atoms with Gasteiger partial charge in [0.25, 0.3) is 0 Å². The van der Waals surface area contributed by atoms with Crippen LogP contribution in [0, 0.1) is 5.92 Å². The highest BCUT2D eigenvalue weighted by Crippen LogP contribution is 2.32. The van der Waals surface area contributed by atoms with Crippen molar-refractivity contribution in [3.05, 3.63) is 0 Å². The van der Waals surface area contributed by atoms with Crippen molar-refractivity contribution in [3.63, 3.8) is 0 Å². The van der Waals surface area contributed by atoms with Gasteiger partial charge in [-0.2, -0.15) is 0 Å². The minimum absolute atomic E-state index is 0.00215. The first-order valence-corrected chi connectivity index (χ1v) is 8.60. The first-order chi connectivity index (χ1) is 10.0. The van der Waals surface area contributed by atoms with Gasteiger partial charge in [-0.3, -0.25) is 4.90 Å². The lowest BCUT2D eigenvalue weighted by molar-refractivity contribution is -0.141. The number of aliphatic carboxylic acids is 1. The number of nitrogens with one attached hydrogen (secondary N) is 1. The molecule has 4 unspecified atom stereocenters. The van der Waals surface area contributed by atoms with E-state index in [0.29, 0.717) is 18.3 Å². The van der Waals surface area contributed by atoms with Gasteiger partial charge in [-0.05, 0) is 19.8 Å². The summed E-state index contributed by atoms with van der Waals surface area (Å²) >= 11 is 1.56. The fourth-order valence-corrected chi connectivity index (χ4v) is 4.34. The Morgan fingerprint density at radius 3 is 2.86 bits per heavy atom. The quantitative estimate of drug-likeness (QED) is 0.808. The van der Waals surface area contributed by atoms with Crippen LogP contribution < -0.4 is 5.32 Å². The van der Waals surface area contributed by atoms with Crippen LogP contribution >= 0.6 is 11.8 Å². The van der Waals surface area contributed by atoms with E-state index in [1.807, 2.05) is 13.8 Å². The van der Waals surface area contributed by atoms with Gasteiger partial charge < -0.3 is 15.2 Å². The summed E-state index contributed by atoms with van der Waals surface area (Å²) in [6.07, 6.45) is 2.69. The summed E-state index contributed by atoms with van der Waals surface area (Å²) in [6.45, 7) is 5.41. The van der Waals surface area contributed by atoms with E-state index in [1.165, 1.54) is 4.90 Å². The summed E-state index contributed by atoms with van der Waals surface area (Å²) in [4.78, 5) is 25.4. The molecule has 2 amide bonds. The largest absolute Gasteiger partial charge is 0.480 e. The molecular formula is C14H24N2O4S. The molecule has 0 aromatic carbocycles. The van der Waals surface area contributed by atoms with Crippen LogP contribution in [0.5, 0.6) is 0 Å². The fourth-order valence-electron chi connectivity index (χ4n) is 2.83. The number of nitrogens with zero attached hydrogens (tertiary/aromatic N) is 1. The lowest BCUT2D eigenvalue weighted by Crippen LogP contribution is -2.53. The Labute approximate surface area is 129 Å². The van der Waals surface area contributed by atoms with E-state index < -0.39 is 12.0 Å². The van der Waals surface area contributed by atoms with Crippen molar-refractivity contribution in [2.75, 3.05) is 19.0 Å². The van der Waals surface area contributed by atoms with Crippen molar-refractivity contribution in [2.24, 2.45) is 5.92 Å². The Balaban J connectivity index is 2.00. The maximum atomic E-state index is 12.5. The molecule has 0 saturated carbocycles. The predicted molar refractivity (Wildman–Crippen MR) is 81.3 cm³/mol. The highest BCUT2D eigenvalue weighted by molar-refractivity contribution is 8.00. The van der Waals surface area contributed by atoms with Crippen LogP contribution in [-0.4, -0.2) is 58.4 Å². The number of carboxylic acid groups (broad SMARTS) is 1. The minimum atomic E-state index is -0.923. The van der Waals surface area contributed by atoms with Crippen LogP contribution in [0.15, 0.2) is 0 Å². The number of amides is 2. The van der Waals surface area contributed by atoms with Gasteiger partial charge in [-0.1, -0.05) is 13.3 Å². The molecule has 0 aromatic heterocycles. The zero-order chi connectivity index (χ0) is 15.4. The van der Waals surface area contributed by atoms with E-state index in [0.717, 1.165) is 25.9 Å². The van der Waals surface area contributed by atoms with Gasteiger partial charge in [0.05, 0.1) is 12.0 Å². The Kier molecular flexibility index (Phi) is 5.75. The lowest BCUT2D eigenvalue weighted by Gasteiger charge is -2.30. The van der Waals surface area contributed by atoms with E-state index in [1.54, 1.807) is 11.8 Å². The number of carbonyl (C=O) groups is 2. The Bertz CT molecular complexity index is 387. The normalized spacial score (nSPS) is 30.4. The highest BCUT2D eigenvalue weighted by Gasteiger charge is 2.41. The van der Waals surface area contributed by atoms with Crippen LogP contribution in [-0.2, 0) is 9.53 Å². The second kappa shape index (κ2) is 7.35. The standard InChI is InChI=1S/C14H24N2O4S/c1-3-4-12-16(11(8-21-12)13(17)18)14(19)15-9(2)10-5-6-20-7-10/h9-12H,3-8H2,1-2H3,(H,15,19)(H,17,18). The summed E-state index contributed by atoms with van der Waals surface area (Å²) in [5.74, 6) is -0.140. The molecule has 2 saturated heterocycles. The Hall–Kier alpha value is -0.950. The average molecular weight is 316 g/mol. The number of carboxylic acids is 1. The van der Waals surface area contributed by atoms with Crippen LogP contribution in [0.1, 0.15) is 33.1 Å². The smallest absolute Gasteiger partial charge is 0.327 e. The third-order valence-corrected chi connectivity index (χ3v) is 5.53. The topological polar surface area (TPSA) is 78.9 Å². The van der Waals surface area contributed by atoms with Gasteiger partial charge in [-0.25, -0.2) is 9.59 Å². The molecule has 0 aliphatic carbocycles. The number of ether oxygens (including phenoxy) is 1. The molecule has 2 heterocycles. The van der Waals surface area contributed by atoms with Gasteiger partial charge in [0, 0.05) is 24.3 Å². The molecule has 6 nitrogen and oxygen atoms in total. The number of urea groups is 1. The number of hydrogen-bond acceptors (Lipinski definition) is 4. The average Bonchev–Trinajstić information content (AvgIpc) is 3.08. The van der Waals surface area contributed by atoms with Gasteiger partial charge in [-0.15, -0.1) is 11.8 Å². The van der Waals surface area contributed by atoms with Crippen LogP contribution in [0.2, 0.25) is 0 Å². The molecule has 21 heavy (non-hydrogen) atoms. The molecule has 2 N–H and O–H groups in total. The monoisotopic (exact) mass is 316 g/mol. The van der Waals surface area contributed by atoms with E-state index in [9.17, 15) is 14.7 Å². The Morgan fingerprint density at radius 2 is 2.29 bits per heavy atom. The van der Waals surface area contributed by atoms with Gasteiger partial charge in [0.1, 0.15) is 6.04 Å². The predicted octanol–water partition coefficient (Wildman–Crippen LogP) is 1.75. The molecule has 4 atom stereocenters. The summed E-state index contributed by atoms with van der Waals surface area (Å²) in [5.41, 5.74) is 0. The van der Waals surface area contributed by atoms with Crippen molar-refractivity contribution in [1.29, 1.82) is 0 Å². The summed E-state index contributed by atoms with van der Waals surface area (Å²) in [6, 6.07) is -0.980. The van der Waals surface area contributed by atoms with Crippen LogP contribution in [0.4, 0.5) is 4.79 Å². The number of rotatable bonds is 5. The number of thioether (sulfide) groups is 1. The lowest BCUT2D eigenvalue weighted by atomic mass is 10.0. The SMILES string of the molecule is CCCC1SCC(C(=O)O)N1C(=O)NC(C)C1CCOC1. The van der Waals surface area contributed by atoms with E-state index in [-0.39, 0.29) is 17.4 Å². The van der Waals surface area contributed by atoms with Crippen molar-refractivity contribution in [3.8, 4) is 0 Å². The van der Waals surface area contributed by atoms with Crippen LogP contribution in [0.3, 0.4) is 0 Å². The van der Waals surface area contributed by atoms with Crippen molar-refractivity contribution >= 4 is 23.8 Å². The Morgan fingerprint density at radius 1 is 1.52 bits per heavy atom. The maximum Gasteiger partial charge on any atom is 0.327 e. The van der Waals surface area contributed by atoms with E-state index in [4.69, 9.17) is 4.74 Å². The first kappa shape index (κ1) is 16.4. The molecule has 0 radical (unpaired) electrons. The molecular weight excluding hydrogens is 292 g/mol. The second-order valence-electron chi connectivity index (χ2n) is 5.70. The zero-order valence-corrected chi connectivity index (χ0v) is 13.4. The number of hydrogen-bond donors (Lipinski definition) is 2. The first-order valence-electron chi connectivity index (χ1n) is 7.55. The molecule has 2 aliphatic heterocycles. The molecule has 120 valence electrons. The minimum Gasteiger partial charge on any atom is -0.480 e. The maximum absolute atomic E-state index is 12.5. The summed E-state index contributed by atoms with van der Waals surface area (Å²) in [5, 5.41) is 12.2. The highest BCUT2D eigenvalue weighted by atomic mass is 32.2. The van der Waals surface area contributed by atoms with Crippen LogP contribution in [0.25, 0.3) is 0 Å². The molecule has 2 fully saturated rings. The summed E-state index contributed by atoms with van der Waals surface area (Å²) < 4.78 is 5.34.